The zero-order valence-electron chi connectivity index (χ0n) is 23.2. The predicted molar refractivity (Wildman–Crippen MR) is 161 cm³/mol. The summed E-state index contributed by atoms with van der Waals surface area (Å²) >= 11 is 0. The lowest BCUT2D eigenvalue weighted by Crippen LogP contribution is -2.20. The Balaban J connectivity index is 1.37. The highest BCUT2D eigenvalue weighted by molar-refractivity contribution is 7.90. The molecule has 11 nitrogen and oxygen atoms in total. The molecule has 0 unspecified atom stereocenters. The van der Waals surface area contributed by atoms with Crippen LogP contribution >= 0.6 is 0 Å². The molecule has 41 heavy (non-hydrogen) atoms. The summed E-state index contributed by atoms with van der Waals surface area (Å²) in [6.45, 7) is 3.12. The summed E-state index contributed by atoms with van der Waals surface area (Å²) in [5, 5.41) is 12.6. The molecule has 0 radical (unpaired) electrons. The highest BCUT2D eigenvalue weighted by Gasteiger charge is 2.30. The van der Waals surface area contributed by atoms with E-state index in [1.807, 2.05) is 49.1 Å². The van der Waals surface area contributed by atoms with Crippen LogP contribution in [0.1, 0.15) is 19.8 Å². The first kappa shape index (κ1) is 26.9. The highest BCUT2D eigenvalue weighted by Crippen LogP contribution is 2.35. The molecule has 1 amide bonds. The van der Waals surface area contributed by atoms with E-state index in [0.717, 1.165) is 35.7 Å². The summed E-state index contributed by atoms with van der Waals surface area (Å²) in [6, 6.07) is 13.0. The van der Waals surface area contributed by atoms with Gasteiger partial charge in [0, 0.05) is 46.9 Å². The van der Waals surface area contributed by atoms with E-state index in [1.54, 1.807) is 37.6 Å². The lowest BCUT2D eigenvalue weighted by molar-refractivity contribution is -0.117. The Kier molecular flexibility index (Phi) is 6.96. The van der Waals surface area contributed by atoms with Crippen LogP contribution < -0.4 is 10.6 Å². The largest absolute Gasteiger partial charge is 0.324 e. The SMILES string of the molecule is CCS(=O)(=O)n1cc(-c2ccnc(Nc3cc(NC(=O)C4CC4)c4c(cnn4CCN(C)C)c3)n2)c2ccccc21. The molecule has 0 bridgehead atoms. The van der Waals surface area contributed by atoms with Gasteiger partial charge in [-0.1, -0.05) is 18.2 Å². The molecule has 212 valence electrons. The maximum absolute atomic E-state index is 12.8. The third-order valence-corrected chi connectivity index (χ3v) is 8.86. The number of nitrogens with zero attached hydrogens (tertiary/aromatic N) is 6. The van der Waals surface area contributed by atoms with E-state index >= 15 is 0 Å². The zero-order valence-corrected chi connectivity index (χ0v) is 24.0. The quantitative estimate of drug-likeness (QED) is 0.254. The molecule has 3 heterocycles. The van der Waals surface area contributed by atoms with Crippen LogP contribution in [0.4, 0.5) is 17.3 Å². The van der Waals surface area contributed by atoms with Crippen molar-refractivity contribution in [2.24, 2.45) is 5.92 Å². The van der Waals surface area contributed by atoms with Gasteiger partial charge in [-0.15, -0.1) is 0 Å². The Morgan fingerprint density at radius 3 is 2.71 bits per heavy atom. The summed E-state index contributed by atoms with van der Waals surface area (Å²) in [5.41, 5.74) is 4.13. The number of likely N-dealkylation sites (N-methyl/N-ethyl adjacent to an activating group) is 1. The lowest BCUT2D eigenvalue weighted by Gasteiger charge is -2.14. The summed E-state index contributed by atoms with van der Waals surface area (Å²) in [6.07, 6.45) is 6.87. The third-order valence-electron chi connectivity index (χ3n) is 7.23. The first-order chi connectivity index (χ1) is 19.7. The highest BCUT2D eigenvalue weighted by atomic mass is 32.2. The van der Waals surface area contributed by atoms with Crippen LogP contribution in [0, 0.1) is 5.92 Å². The van der Waals surface area contributed by atoms with E-state index in [1.165, 1.54) is 3.97 Å². The Labute approximate surface area is 238 Å². The molecule has 1 aliphatic carbocycles. The summed E-state index contributed by atoms with van der Waals surface area (Å²) in [5.74, 6) is 0.394. The van der Waals surface area contributed by atoms with Gasteiger partial charge in [0.1, 0.15) is 0 Å². The van der Waals surface area contributed by atoms with E-state index in [4.69, 9.17) is 4.98 Å². The van der Waals surface area contributed by atoms with Crippen molar-refractivity contribution >= 4 is 55.1 Å². The molecule has 2 N–H and O–H groups in total. The number of rotatable bonds is 10. The van der Waals surface area contributed by atoms with Gasteiger partial charge in [0.15, 0.2) is 0 Å². The van der Waals surface area contributed by atoms with Gasteiger partial charge < -0.3 is 15.5 Å². The van der Waals surface area contributed by atoms with Crippen molar-refractivity contribution in [3.05, 3.63) is 61.1 Å². The van der Waals surface area contributed by atoms with E-state index in [0.29, 0.717) is 40.6 Å². The van der Waals surface area contributed by atoms with Crippen molar-refractivity contribution in [2.45, 2.75) is 26.3 Å². The van der Waals surface area contributed by atoms with Crippen LogP contribution in [0.25, 0.3) is 33.1 Å². The number of fused-ring (bicyclic) bond motifs is 2. The molecule has 0 aliphatic heterocycles. The normalized spacial score (nSPS) is 13.8. The van der Waals surface area contributed by atoms with E-state index in [2.05, 4.69) is 25.6 Å². The molecule has 5 aromatic rings. The monoisotopic (exact) mass is 572 g/mol. The lowest BCUT2D eigenvalue weighted by atomic mass is 10.1. The molecule has 0 saturated heterocycles. The van der Waals surface area contributed by atoms with Crippen LogP contribution in [0.2, 0.25) is 0 Å². The minimum Gasteiger partial charge on any atom is -0.324 e. The van der Waals surface area contributed by atoms with Crippen molar-refractivity contribution in [1.29, 1.82) is 0 Å². The minimum absolute atomic E-state index is 0.0143. The van der Waals surface area contributed by atoms with Gasteiger partial charge in [0.2, 0.25) is 21.9 Å². The second-order valence-corrected chi connectivity index (χ2v) is 12.7. The number of nitrogens with one attached hydrogen (secondary N) is 2. The average molecular weight is 573 g/mol. The fraction of sp³-hybridized carbons (Fsp3) is 0.310. The smallest absolute Gasteiger partial charge is 0.238 e. The molecule has 1 saturated carbocycles. The van der Waals surface area contributed by atoms with Crippen LogP contribution in [-0.2, 0) is 21.4 Å². The minimum atomic E-state index is -3.50. The standard InChI is InChI=1S/C29H32N8O3S/c1-4-41(39,40)37-18-23(22-7-5-6-8-26(22)37)24-11-12-30-29(34-24)32-21-15-20-17-31-36(14-13-35(2)3)27(20)25(16-21)33-28(38)19-9-10-19/h5-8,11-12,15-19H,4,9-10,13-14H2,1-3H3,(H,33,38)(H,30,32,34). The Hall–Kier alpha value is -4.29. The average Bonchev–Trinajstić information content (AvgIpc) is 3.62. The van der Waals surface area contributed by atoms with E-state index in [-0.39, 0.29) is 17.6 Å². The first-order valence-electron chi connectivity index (χ1n) is 13.6. The van der Waals surface area contributed by atoms with Crippen molar-refractivity contribution in [1.82, 2.24) is 28.6 Å². The number of anilines is 3. The number of aromatic nitrogens is 5. The Morgan fingerprint density at radius 2 is 1.95 bits per heavy atom. The van der Waals surface area contributed by atoms with E-state index in [9.17, 15) is 13.2 Å². The van der Waals surface area contributed by atoms with Gasteiger partial charge in [-0.05, 0) is 58.1 Å². The molecule has 0 atom stereocenters. The summed E-state index contributed by atoms with van der Waals surface area (Å²) in [4.78, 5) is 24.0. The second-order valence-electron chi connectivity index (χ2n) is 10.5. The van der Waals surface area contributed by atoms with Crippen LogP contribution in [-0.4, -0.2) is 69.3 Å². The van der Waals surface area contributed by atoms with Gasteiger partial charge in [-0.3, -0.25) is 9.48 Å². The molecule has 6 rings (SSSR count). The summed E-state index contributed by atoms with van der Waals surface area (Å²) < 4.78 is 28.8. The topological polar surface area (TPSA) is 127 Å². The molecule has 3 aromatic heterocycles. The number of para-hydroxylation sites is 1. The van der Waals surface area contributed by atoms with Crippen LogP contribution in [0.3, 0.4) is 0 Å². The molecule has 12 heteroatoms. The fourth-order valence-corrected chi connectivity index (χ4v) is 5.87. The van der Waals surface area contributed by atoms with Gasteiger partial charge in [0.05, 0.1) is 40.9 Å². The van der Waals surface area contributed by atoms with Crippen molar-refractivity contribution < 1.29 is 13.2 Å². The third kappa shape index (κ3) is 5.40. The second kappa shape index (κ2) is 10.6. The molecular weight excluding hydrogens is 540 g/mol. The van der Waals surface area contributed by atoms with Crippen LogP contribution in [0.5, 0.6) is 0 Å². The molecule has 1 fully saturated rings. The van der Waals surface area contributed by atoms with Gasteiger partial charge in [-0.2, -0.15) is 5.10 Å². The number of benzene rings is 2. The van der Waals surface area contributed by atoms with Crippen molar-refractivity contribution in [3.63, 3.8) is 0 Å². The number of amides is 1. The zero-order chi connectivity index (χ0) is 28.7. The molecule has 2 aromatic carbocycles. The van der Waals surface area contributed by atoms with Crippen molar-refractivity contribution in [2.75, 3.05) is 37.0 Å². The number of hydrogen-bond donors (Lipinski definition) is 2. The number of hydrogen-bond acceptors (Lipinski definition) is 8. The maximum atomic E-state index is 12.8. The molecule has 1 aliphatic rings. The van der Waals surface area contributed by atoms with Gasteiger partial charge in [-0.25, -0.2) is 22.4 Å². The predicted octanol–water partition coefficient (Wildman–Crippen LogP) is 4.30. The maximum Gasteiger partial charge on any atom is 0.238 e. The molecule has 0 spiro atoms. The van der Waals surface area contributed by atoms with Crippen LogP contribution in [0.15, 0.2) is 61.1 Å². The summed E-state index contributed by atoms with van der Waals surface area (Å²) in [7, 11) is 0.521. The van der Waals surface area contributed by atoms with Crippen molar-refractivity contribution in [3.8, 4) is 11.3 Å². The first-order valence-corrected chi connectivity index (χ1v) is 15.2. The number of carbonyl (C=O) groups is 1. The Morgan fingerprint density at radius 1 is 1.15 bits per heavy atom. The van der Waals surface area contributed by atoms with E-state index < -0.39 is 10.0 Å². The van der Waals surface area contributed by atoms with Gasteiger partial charge >= 0.3 is 0 Å². The fourth-order valence-electron chi connectivity index (χ4n) is 4.87. The van der Waals surface area contributed by atoms with Gasteiger partial charge in [0.25, 0.3) is 0 Å². The number of carbonyl (C=O) groups excluding carboxylic acids is 1. The Bertz CT molecular complexity index is 1870. The molecular formula is C29H32N8O3S.